The van der Waals surface area contributed by atoms with E-state index in [-0.39, 0.29) is 22.9 Å². The Morgan fingerprint density at radius 1 is 1.09 bits per heavy atom. The molecule has 0 amide bonds. The Balaban J connectivity index is 1.47. The number of piperidine rings is 1. The van der Waals surface area contributed by atoms with Gasteiger partial charge < -0.3 is 0 Å². The minimum Gasteiger partial charge on any atom is -0.233 e. The highest BCUT2D eigenvalue weighted by Gasteiger charge is 2.71. The molecule has 174 valence electrons. The summed E-state index contributed by atoms with van der Waals surface area (Å²) in [6.07, 6.45) is 1.84. The summed E-state index contributed by atoms with van der Waals surface area (Å²) >= 11 is 0. The van der Waals surface area contributed by atoms with E-state index in [1.54, 1.807) is 23.4 Å². The van der Waals surface area contributed by atoms with Gasteiger partial charge in [0.25, 0.3) is 0 Å². The first-order chi connectivity index (χ1) is 16.3. The largest absolute Gasteiger partial charge is 0.233 e. The molecule has 5 nitrogen and oxygen atoms in total. The van der Waals surface area contributed by atoms with Gasteiger partial charge in [-0.25, -0.2) is 21.8 Å². The van der Waals surface area contributed by atoms with Crippen LogP contribution in [0.2, 0.25) is 0 Å². The number of sulfonamides is 1. The molecule has 7 heteroatoms. The molecule has 1 aliphatic carbocycles. The quantitative estimate of drug-likeness (QED) is 0.417. The molecule has 3 atom stereocenters. The molecule has 0 bridgehead atoms. The summed E-state index contributed by atoms with van der Waals surface area (Å²) in [5.74, 6) is 0.381. The first kappa shape index (κ1) is 21.5. The molecule has 0 radical (unpaired) electrons. The number of fused-ring (bicyclic) bond motifs is 2. The fraction of sp³-hybridized carbons (Fsp3) is 0.296. The van der Waals surface area contributed by atoms with Crippen molar-refractivity contribution in [3.05, 3.63) is 95.4 Å². The Labute approximate surface area is 198 Å². The Hall–Kier alpha value is -3.03. The highest BCUT2D eigenvalue weighted by atomic mass is 32.2. The van der Waals surface area contributed by atoms with Crippen LogP contribution in [0.4, 0.5) is 4.39 Å². The molecule has 2 heterocycles. The molecular weight excluding hydrogens is 449 g/mol. The number of halogens is 1. The van der Waals surface area contributed by atoms with Crippen LogP contribution in [0.1, 0.15) is 29.5 Å². The molecule has 2 fully saturated rings. The fourth-order valence-electron chi connectivity index (χ4n) is 6.08. The maximum absolute atomic E-state index is 13.4. The third-order valence-corrected chi connectivity index (χ3v) is 9.55. The van der Waals surface area contributed by atoms with Crippen molar-refractivity contribution in [2.75, 3.05) is 18.8 Å². The van der Waals surface area contributed by atoms with Crippen molar-refractivity contribution in [2.24, 2.45) is 5.92 Å². The molecule has 1 saturated heterocycles. The molecule has 1 saturated carbocycles. The SMILES string of the molecule is CCS(=O)(=O)N1C[C@@H]2[C@@H](c3ccccc3)[C@]2(c2cc3cnn(-c4ccc(F)cc4)c3cc2C)C1. The minimum absolute atomic E-state index is 0.119. The zero-order valence-corrected chi connectivity index (χ0v) is 20.0. The molecule has 1 aromatic heterocycles. The van der Waals surface area contributed by atoms with Crippen LogP contribution in [0.5, 0.6) is 0 Å². The van der Waals surface area contributed by atoms with Gasteiger partial charge in [0, 0.05) is 29.8 Å². The number of rotatable bonds is 5. The highest BCUT2D eigenvalue weighted by molar-refractivity contribution is 7.89. The Morgan fingerprint density at radius 3 is 2.53 bits per heavy atom. The van der Waals surface area contributed by atoms with E-state index in [4.69, 9.17) is 0 Å². The number of hydrogen-bond donors (Lipinski definition) is 0. The zero-order valence-electron chi connectivity index (χ0n) is 19.1. The summed E-state index contributed by atoms with van der Waals surface area (Å²) in [4.78, 5) is 0. The lowest BCUT2D eigenvalue weighted by Gasteiger charge is -2.25. The van der Waals surface area contributed by atoms with Gasteiger partial charge in [0.15, 0.2) is 0 Å². The molecule has 6 rings (SSSR count). The molecule has 0 N–H and O–H groups in total. The second-order valence-electron chi connectivity index (χ2n) is 9.49. The van der Waals surface area contributed by atoms with E-state index in [1.807, 2.05) is 16.9 Å². The van der Waals surface area contributed by atoms with Crippen LogP contribution >= 0.6 is 0 Å². The number of nitrogens with zero attached hydrogens (tertiary/aromatic N) is 3. The third kappa shape index (κ3) is 3.07. The Morgan fingerprint density at radius 2 is 1.82 bits per heavy atom. The number of benzene rings is 3. The highest BCUT2D eigenvalue weighted by Crippen LogP contribution is 2.70. The molecule has 34 heavy (non-hydrogen) atoms. The maximum Gasteiger partial charge on any atom is 0.213 e. The molecule has 2 aliphatic rings. The summed E-state index contributed by atoms with van der Waals surface area (Å²) in [6.45, 7) is 4.87. The maximum atomic E-state index is 13.4. The van der Waals surface area contributed by atoms with E-state index in [1.165, 1.54) is 23.3 Å². The van der Waals surface area contributed by atoms with E-state index in [0.29, 0.717) is 19.0 Å². The molecule has 3 aromatic carbocycles. The third-order valence-electron chi connectivity index (χ3n) is 7.75. The molecule has 0 unspecified atom stereocenters. The summed E-state index contributed by atoms with van der Waals surface area (Å²) < 4.78 is 42.4. The van der Waals surface area contributed by atoms with E-state index < -0.39 is 10.0 Å². The summed E-state index contributed by atoms with van der Waals surface area (Å²) in [5, 5.41) is 5.57. The number of aromatic nitrogens is 2. The fourth-order valence-corrected chi connectivity index (χ4v) is 7.25. The summed E-state index contributed by atoms with van der Waals surface area (Å²) in [5.41, 5.74) is 5.10. The number of hydrogen-bond acceptors (Lipinski definition) is 3. The van der Waals surface area contributed by atoms with Crippen LogP contribution in [0.25, 0.3) is 16.6 Å². The Kier molecular flexibility index (Phi) is 4.73. The van der Waals surface area contributed by atoms with Crippen LogP contribution in [0.3, 0.4) is 0 Å². The van der Waals surface area contributed by atoms with E-state index in [2.05, 4.69) is 48.4 Å². The van der Waals surface area contributed by atoms with Gasteiger partial charge in [0.05, 0.1) is 23.2 Å². The Bertz CT molecular complexity index is 1500. The average Bonchev–Trinajstić information content (AvgIpc) is 3.11. The van der Waals surface area contributed by atoms with Crippen LogP contribution in [0.15, 0.2) is 72.9 Å². The van der Waals surface area contributed by atoms with Crippen molar-refractivity contribution in [1.29, 1.82) is 0 Å². The van der Waals surface area contributed by atoms with Gasteiger partial charge in [0.1, 0.15) is 5.82 Å². The monoisotopic (exact) mass is 475 g/mol. The predicted molar refractivity (Wildman–Crippen MR) is 131 cm³/mol. The van der Waals surface area contributed by atoms with Gasteiger partial charge in [-0.05, 0) is 72.9 Å². The van der Waals surface area contributed by atoms with Crippen LogP contribution in [-0.4, -0.2) is 41.3 Å². The normalized spacial score (nSPS) is 24.4. The lowest BCUT2D eigenvalue weighted by molar-refractivity contribution is 0.422. The minimum atomic E-state index is -3.26. The lowest BCUT2D eigenvalue weighted by atomic mass is 9.87. The molecule has 1 aliphatic heterocycles. The van der Waals surface area contributed by atoms with Gasteiger partial charge in [-0.3, -0.25) is 0 Å². The van der Waals surface area contributed by atoms with E-state index >= 15 is 0 Å². The van der Waals surface area contributed by atoms with E-state index in [0.717, 1.165) is 22.2 Å². The van der Waals surface area contributed by atoms with Crippen LogP contribution in [-0.2, 0) is 15.4 Å². The van der Waals surface area contributed by atoms with Gasteiger partial charge in [-0.15, -0.1) is 0 Å². The smallest absolute Gasteiger partial charge is 0.213 e. The first-order valence-corrected chi connectivity index (χ1v) is 13.2. The number of aryl methyl sites for hydroxylation is 1. The second-order valence-corrected chi connectivity index (χ2v) is 11.7. The van der Waals surface area contributed by atoms with Crippen molar-refractivity contribution < 1.29 is 12.8 Å². The van der Waals surface area contributed by atoms with Gasteiger partial charge in [-0.1, -0.05) is 30.3 Å². The second kappa shape index (κ2) is 7.48. The summed E-state index contributed by atoms with van der Waals surface area (Å²) in [7, 11) is -3.26. The average molecular weight is 476 g/mol. The van der Waals surface area contributed by atoms with Crippen molar-refractivity contribution >= 4 is 20.9 Å². The van der Waals surface area contributed by atoms with E-state index in [9.17, 15) is 12.8 Å². The summed E-state index contributed by atoms with van der Waals surface area (Å²) in [6, 6.07) is 21.1. The van der Waals surface area contributed by atoms with Gasteiger partial charge >= 0.3 is 0 Å². The van der Waals surface area contributed by atoms with Crippen LogP contribution in [0, 0.1) is 18.7 Å². The van der Waals surface area contributed by atoms with Crippen molar-refractivity contribution in [3.8, 4) is 5.69 Å². The van der Waals surface area contributed by atoms with Crippen molar-refractivity contribution in [2.45, 2.75) is 25.2 Å². The molecular formula is C27H26FN3O2S. The zero-order chi connectivity index (χ0) is 23.7. The van der Waals surface area contributed by atoms with Crippen LogP contribution < -0.4 is 0 Å². The van der Waals surface area contributed by atoms with Gasteiger partial charge in [0.2, 0.25) is 10.0 Å². The molecule has 4 aromatic rings. The first-order valence-electron chi connectivity index (χ1n) is 11.6. The van der Waals surface area contributed by atoms with Crippen molar-refractivity contribution in [3.63, 3.8) is 0 Å². The lowest BCUT2D eigenvalue weighted by Crippen LogP contribution is -2.35. The van der Waals surface area contributed by atoms with Gasteiger partial charge in [-0.2, -0.15) is 5.10 Å². The predicted octanol–water partition coefficient (Wildman–Crippen LogP) is 4.79. The van der Waals surface area contributed by atoms with Crippen molar-refractivity contribution in [1.82, 2.24) is 14.1 Å². The molecule has 0 spiro atoms. The topological polar surface area (TPSA) is 55.2 Å². The standard InChI is InChI=1S/C27H26FN3O2S/c1-3-34(32,33)30-16-24-26(19-7-5-4-6-8-19)27(24,17-30)23-14-20-15-29-31(25(20)13-18(23)2)22-11-9-21(28)10-12-22/h4-15,24,26H,3,16-17H2,1-2H3/t24-,26-,27+/m1/s1.